The molecule has 0 saturated carbocycles. The van der Waals surface area contributed by atoms with Gasteiger partial charge in [0.25, 0.3) is 0 Å². The van der Waals surface area contributed by atoms with E-state index in [-0.39, 0.29) is 17.6 Å². The molecule has 2 aromatic rings. The van der Waals surface area contributed by atoms with Gasteiger partial charge in [-0.2, -0.15) is 0 Å². The zero-order valence-electron chi connectivity index (χ0n) is 13.3. The molecule has 4 heteroatoms. The summed E-state index contributed by atoms with van der Waals surface area (Å²) in [5.74, 6) is -0.197. The average molecular weight is 318 g/mol. The number of allylic oxidation sites excluding steroid dienone is 2. The summed E-state index contributed by atoms with van der Waals surface area (Å²) in [5, 5.41) is 6.35. The van der Waals surface area contributed by atoms with Crippen LogP contribution in [0.15, 0.2) is 84.3 Å². The van der Waals surface area contributed by atoms with E-state index < -0.39 is 0 Å². The first-order valence-corrected chi connectivity index (χ1v) is 7.75. The maximum absolute atomic E-state index is 12.6. The third kappa shape index (κ3) is 3.43. The highest BCUT2D eigenvalue weighted by molar-refractivity contribution is 6.08. The minimum Gasteiger partial charge on any atom is -0.377 e. The number of hydrogen-bond acceptors (Lipinski definition) is 4. The topological polar surface area (TPSA) is 58.2 Å². The van der Waals surface area contributed by atoms with Crippen LogP contribution in [0.3, 0.4) is 0 Å². The first kappa shape index (κ1) is 15.7. The molecule has 3 rings (SSSR count). The Morgan fingerprint density at radius 2 is 1.58 bits per heavy atom. The lowest BCUT2D eigenvalue weighted by molar-refractivity contribution is -0.112. The highest BCUT2D eigenvalue weighted by Gasteiger charge is 2.24. The van der Waals surface area contributed by atoms with Gasteiger partial charge in [0.1, 0.15) is 5.70 Å². The maximum atomic E-state index is 12.6. The van der Waals surface area contributed by atoms with Crippen LogP contribution in [0.25, 0.3) is 0 Å². The molecule has 1 aliphatic heterocycles. The number of Topliss-reactive ketones (excluding diaryl/α,β-unsaturated/α-hetero) is 1. The van der Waals surface area contributed by atoms with Gasteiger partial charge in [-0.25, -0.2) is 0 Å². The number of hydrogen-bond donors (Lipinski definition) is 2. The molecular formula is C20H18N2O2. The molecule has 24 heavy (non-hydrogen) atoms. The van der Waals surface area contributed by atoms with Crippen molar-refractivity contribution >= 4 is 11.6 Å². The van der Waals surface area contributed by atoms with E-state index in [1.807, 2.05) is 48.5 Å². The lowest BCUT2D eigenvalue weighted by Gasteiger charge is -2.28. The number of benzene rings is 2. The zero-order valence-corrected chi connectivity index (χ0v) is 13.3. The van der Waals surface area contributed by atoms with E-state index in [4.69, 9.17) is 0 Å². The summed E-state index contributed by atoms with van der Waals surface area (Å²) in [5.41, 5.74) is 2.69. The Morgan fingerprint density at radius 3 is 2.21 bits per heavy atom. The second kappa shape index (κ2) is 6.96. The van der Waals surface area contributed by atoms with Crippen LogP contribution in [-0.2, 0) is 4.79 Å². The average Bonchev–Trinajstić information content (AvgIpc) is 2.62. The Hall–Kier alpha value is -3.14. The van der Waals surface area contributed by atoms with Crippen molar-refractivity contribution in [3.05, 3.63) is 95.5 Å². The van der Waals surface area contributed by atoms with Crippen molar-refractivity contribution in [2.45, 2.75) is 13.0 Å². The van der Waals surface area contributed by atoms with Crippen LogP contribution in [0.2, 0.25) is 0 Å². The smallest absolute Gasteiger partial charge is 0.210 e. The van der Waals surface area contributed by atoms with Gasteiger partial charge in [-0.15, -0.1) is 0 Å². The summed E-state index contributed by atoms with van der Waals surface area (Å²) in [6.07, 6.45) is 3.19. The van der Waals surface area contributed by atoms with Crippen molar-refractivity contribution < 1.29 is 9.59 Å². The van der Waals surface area contributed by atoms with Crippen LogP contribution in [0.5, 0.6) is 0 Å². The Labute approximate surface area is 140 Å². The molecule has 120 valence electrons. The largest absolute Gasteiger partial charge is 0.377 e. The summed E-state index contributed by atoms with van der Waals surface area (Å²) < 4.78 is 0. The first-order chi connectivity index (χ1) is 11.6. The minimum absolute atomic E-state index is 0.0753. The standard InChI is InChI=1S/C20H18N2O2/c1-14(23)12-17-19(15-8-4-2-5-9-15)21-13-18(22-17)20(24)16-10-6-3-7-11-16/h2-13,19,21-22H,1H3/b17-12-/t19-/m0/s1. The predicted molar refractivity (Wildman–Crippen MR) is 93.1 cm³/mol. The fourth-order valence-corrected chi connectivity index (χ4v) is 2.65. The third-order valence-corrected chi connectivity index (χ3v) is 3.76. The molecule has 4 nitrogen and oxygen atoms in total. The van der Waals surface area contributed by atoms with Crippen molar-refractivity contribution in [2.75, 3.05) is 0 Å². The molecule has 0 spiro atoms. The molecule has 0 bridgehead atoms. The maximum Gasteiger partial charge on any atom is 0.210 e. The molecular weight excluding hydrogens is 300 g/mol. The summed E-state index contributed by atoms with van der Waals surface area (Å²) in [4.78, 5) is 24.2. The van der Waals surface area contributed by atoms with Gasteiger partial charge in [0.15, 0.2) is 5.78 Å². The molecule has 0 radical (unpaired) electrons. The molecule has 1 aliphatic rings. The van der Waals surface area contributed by atoms with E-state index in [0.717, 1.165) is 5.56 Å². The van der Waals surface area contributed by atoms with Crippen LogP contribution >= 0.6 is 0 Å². The lowest BCUT2D eigenvalue weighted by Crippen LogP contribution is -2.36. The minimum atomic E-state index is -0.192. The van der Waals surface area contributed by atoms with Crippen molar-refractivity contribution in [1.82, 2.24) is 10.6 Å². The number of rotatable bonds is 4. The Balaban J connectivity index is 1.92. The molecule has 0 aliphatic carbocycles. The molecule has 1 heterocycles. The number of nitrogens with one attached hydrogen (secondary N) is 2. The van der Waals surface area contributed by atoms with E-state index in [1.165, 1.54) is 13.0 Å². The Bertz CT molecular complexity index is 808. The van der Waals surface area contributed by atoms with Gasteiger partial charge in [-0.1, -0.05) is 60.7 Å². The third-order valence-electron chi connectivity index (χ3n) is 3.76. The molecule has 0 amide bonds. The van der Waals surface area contributed by atoms with Crippen molar-refractivity contribution in [2.24, 2.45) is 0 Å². The molecule has 2 aromatic carbocycles. The van der Waals surface area contributed by atoms with Gasteiger partial charge in [0, 0.05) is 23.5 Å². The Morgan fingerprint density at radius 1 is 0.958 bits per heavy atom. The van der Waals surface area contributed by atoms with Crippen molar-refractivity contribution in [3.63, 3.8) is 0 Å². The van der Waals surface area contributed by atoms with Gasteiger partial charge in [-0.05, 0) is 12.5 Å². The van der Waals surface area contributed by atoms with Gasteiger partial charge in [-0.3, -0.25) is 9.59 Å². The van der Waals surface area contributed by atoms with E-state index in [1.54, 1.807) is 18.3 Å². The van der Waals surface area contributed by atoms with Crippen LogP contribution in [-0.4, -0.2) is 11.6 Å². The lowest BCUT2D eigenvalue weighted by atomic mass is 9.99. The fraction of sp³-hybridized carbons (Fsp3) is 0.100. The number of ketones is 2. The fourth-order valence-electron chi connectivity index (χ4n) is 2.65. The molecule has 0 aromatic heterocycles. The molecule has 0 saturated heterocycles. The Kier molecular flexibility index (Phi) is 4.57. The van der Waals surface area contributed by atoms with E-state index in [2.05, 4.69) is 10.6 Å². The molecule has 0 unspecified atom stereocenters. The first-order valence-electron chi connectivity index (χ1n) is 7.75. The number of carbonyl (C=O) groups is 2. The zero-order chi connectivity index (χ0) is 16.9. The highest BCUT2D eigenvalue weighted by atomic mass is 16.1. The summed E-state index contributed by atoms with van der Waals surface area (Å²) >= 11 is 0. The molecule has 0 fully saturated rings. The van der Waals surface area contributed by atoms with Crippen molar-refractivity contribution in [1.29, 1.82) is 0 Å². The van der Waals surface area contributed by atoms with Gasteiger partial charge in [0.2, 0.25) is 5.78 Å². The normalized spacial score (nSPS) is 18.3. The van der Waals surface area contributed by atoms with E-state index in [0.29, 0.717) is 17.0 Å². The SMILES string of the molecule is CC(=O)/C=C1\NC(C(=O)c2ccccc2)=CN[C@H]1c1ccccc1. The van der Waals surface area contributed by atoms with Gasteiger partial charge < -0.3 is 10.6 Å². The second-order valence-electron chi connectivity index (χ2n) is 5.60. The van der Waals surface area contributed by atoms with E-state index >= 15 is 0 Å². The van der Waals surface area contributed by atoms with Crippen LogP contribution < -0.4 is 10.6 Å². The summed E-state index contributed by atoms with van der Waals surface area (Å²) in [7, 11) is 0. The van der Waals surface area contributed by atoms with Crippen LogP contribution in [0.1, 0.15) is 28.9 Å². The van der Waals surface area contributed by atoms with Crippen molar-refractivity contribution in [3.8, 4) is 0 Å². The van der Waals surface area contributed by atoms with Gasteiger partial charge >= 0.3 is 0 Å². The molecule has 1 atom stereocenters. The number of carbonyl (C=O) groups excluding carboxylic acids is 2. The highest BCUT2D eigenvalue weighted by Crippen LogP contribution is 2.24. The second-order valence-corrected chi connectivity index (χ2v) is 5.60. The monoisotopic (exact) mass is 318 g/mol. The summed E-state index contributed by atoms with van der Waals surface area (Å²) in [6.45, 7) is 1.49. The summed E-state index contributed by atoms with van der Waals surface area (Å²) in [6, 6.07) is 18.6. The quantitative estimate of drug-likeness (QED) is 0.672. The van der Waals surface area contributed by atoms with Gasteiger partial charge in [0.05, 0.1) is 6.04 Å². The molecule has 2 N–H and O–H groups in total. The van der Waals surface area contributed by atoms with Crippen LogP contribution in [0, 0.1) is 0 Å². The predicted octanol–water partition coefficient (Wildman–Crippen LogP) is 3.12. The van der Waals surface area contributed by atoms with Crippen LogP contribution in [0.4, 0.5) is 0 Å². The van der Waals surface area contributed by atoms with E-state index in [9.17, 15) is 9.59 Å².